The largest absolute Gasteiger partial charge is 0.488 e. The van der Waals surface area contributed by atoms with E-state index in [1.165, 1.54) is 10.7 Å². The quantitative estimate of drug-likeness (QED) is 0.202. The molecule has 0 aliphatic carbocycles. The van der Waals surface area contributed by atoms with Crippen molar-refractivity contribution in [3.8, 4) is 5.75 Å². The van der Waals surface area contributed by atoms with Gasteiger partial charge in [0.05, 0.1) is 20.7 Å². The molecule has 0 radical (unpaired) electrons. The Morgan fingerprint density at radius 1 is 1.19 bits per heavy atom. The van der Waals surface area contributed by atoms with Gasteiger partial charge >= 0.3 is 0 Å². The van der Waals surface area contributed by atoms with Gasteiger partial charge in [-0.1, -0.05) is 41.1 Å². The second-order valence-electron chi connectivity index (χ2n) is 6.97. The van der Waals surface area contributed by atoms with Crippen LogP contribution in [0.5, 0.6) is 5.75 Å². The summed E-state index contributed by atoms with van der Waals surface area (Å²) in [6, 6.07) is 17.5. The molecule has 0 bridgehead atoms. The molecule has 5 nitrogen and oxygen atoms in total. The van der Waals surface area contributed by atoms with Crippen molar-refractivity contribution in [1.29, 1.82) is 0 Å². The van der Waals surface area contributed by atoms with Crippen LogP contribution in [0.1, 0.15) is 23.9 Å². The second kappa shape index (κ2) is 9.91. The number of benzene rings is 3. The molecule has 4 rings (SSSR count). The Morgan fingerprint density at radius 2 is 2.00 bits per heavy atom. The van der Waals surface area contributed by atoms with Crippen LogP contribution >= 0.6 is 38.5 Å². The van der Waals surface area contributed by atoms with Gasteiger partial charge in [-0.05, 0) is 70.6 Å². The fourth-order valence-electron chi connectivity index (χ4n) is 3.15. The number of aromatic nitrogens is 2. The molecule has 3 aromatic carbocycles. The summed E-state index contributed by atoms with van der Waals surface area (Å²) in [4.78, 5) is 17.6. The van der Waals surface area contributed by atoms with Crippen LogP contribution in [-0.4, -0.2) is 15.9 Å². The van der Waals surface area contributed by atoms with Crippen molar-refractivity contribution in [3.63, 3.8) is 0 Å². The van der Waals surface area contributed by atoms with E-state index in [1.54, 1.807) is 30.5 Å². The molecule has 0 saturated heterocycles. The number of nitrogens with zero attached hydrogens (tertiary/aromatic N) is 3. The van der Waals surface area contributed by atoms with Crippen molar-refractivity contribution in [2.75, 3.05) is 0 Å². The van der Waals surface area contributed by atoms with Crippen LogP contribution in [0.4, 0.5) is 4.39 Å². The average molecular weight is 606 g/mol. The van der Waals surface area contributed by atoms with Gasteiger partial charge in [-0.15, -0.1) is 0 Å². The number of rotatable bonds is 6. The Morgan fingerprint density at radius 3 is 2.75 bits per heavy atom. The lowest BCUT2D eigenvalue weighted by Gasteiger charge is -2.10. The predicted molar refractivity (Wildman–Crippen MR) is 136 cm³/mol. The molecular formula is C24H18BrFIN3O2. The Hall–Kier alpha value is -2.59. The van der Waals surface area contributed by atoms with Crippen molar-refractivity contribution in [2.24, 2.45) is 5.10 Å². The molecule has 0 unspecified atom stereocenters. The van der Waals surface area contributed by atoms with Crippen LogP contribution in [0.15, 0.2) is 75.0 Å². The van der Waals surface area contributed by atoms with E-state index in [-0.39, 0.29) is 18.0 Å². The van der Waals surface area contributed by atoms with Gasteiger partial charge in [-0.3, -0.25) is 4.79 Å². The summed E-state index contributed by atoms with van der Waals surface area (Å²) in [6.07, 6.45) is 2.19. The predicted octanol–water partition coefficient (Wildman–Crippen LogP) is 5.93. The molecule has 0 saturated carbocycles. The molecule has 0 aliphatic heterocycles. The number of halogens is 3. The molecule has 0 fully saturated rings. The third-order valence-electron chi connectivity index (χ3n) is 4.81. The zero-order valence-electron chi connectivity index (χ0n) is 17.1. The molecule has 0 aliphatic rings. The molecular weight excluding hydrogens is 588 g/mol. The average Bonchev–Trinajstić information content (AvgIpc) is 2.79. The fourth-order valence-corrected chi connectivity index (χ4v) is 4.21. The smallest absolute Gasteiger partial charge is 0.282 e. The van der Waals surface area contributed by atoms with Crippen molar-refractivity contribution in [2.45, 2.75) is 20.0 Å². The Balaban J connectivity index is 1.59. The molecule has 8 heteroatoms. The molecule has 0 amide bonds. The van der Waals surface area contributed by atoms with Gasteiger partial charge in [-0.25, -0.2) is 9.37 Å². The first-order valence-electron chi connectivity index (χ1n) is 9.87. The number of hydrogen-bond acceptors (Lipinski definition) is 4. The highest BCUT2D eigenvalue weighted by molar-refractivity contribution is 14.1. The first kappa shape index (κ1) is 22.6. The first-order valence-corrected chi connectivity index (χ1v) is 11.7. The SMILES string of the molecule is CCc1nc2ccc(Br)cc2c(=O)n1N=Cc1ccc(OCc2ccccc2F)c(I)c1. The number of aryl methyl sites for hydroxylation is 1. The molecule has 0 N–H and O–H groups in total. The Labute approximate surface area is 206 Å². The minimum Gasteiger partial charge on any atom is -0.488 e. The zero-order chi connectivity index (χ0) is 22.7. The maximum Gasteiger partial charge on any atom is 0.282 e. The number of hydrogen-bond donors (Lipinski definition) is 0. The van der Waals surface area contributed by atoms with E-state index in [0.29, 0.717) is 34.5 Å². The van der Waals surface area contributed by atoms with Gasteiger partial charge in [0.15, 0.2) is 0 Å². The van der Waals surface area contributed by atoms with Crippen LogP contribution in [0.3, 0.4) is 0 Å². The Bertz CT molecular complexity index is 1390. The first-order chi connectivity index (χ1) is 15.5. The summed E-state index contributed by atoms with van der Waals surface area (Å²) < 4.78 is 22.6. The van der Waals surface area contributed by atoms with Crippen LogP contribution in [-0.2, 0) is 13.0 Å². The molecule has 1 aromatic heterocycles. The summed E-state index contributed by atoms with van der Waals surface area (Å²) in [5.41, 5.74) is 1.73. The lowest BCUT2D eigenvalue weighted by atomic mass is 10.2. The van der Waals surface area contributed by atoms with Gasteiger partial charge in [0.2, 0.25) is 0 Å². The third-order valence-corrected chi connectivity index (χ3v) is 6.15. The Kier molecular flexibility index (Phi) is 7.00. The summed E-state index contributed by atoms with van der Waals surface area (Å²) in [5.74, 6) is 0.940. The third kappa shape index (κ3) is 4.91. The van der Waals surface area contributed by atoms with Crippen molar-refractivity contribution in [1.82, 2.24) is 9.66 Å². The van der Waals surface area contributed by atoms with Gasteiger partial charge in [0.1, 0.15) is 24.0 Å². The van der Waals surface area contributed by atoms with Crippen molar-refractivity contribution < 1.29 is 9.13 Å². The highest BCUT2D eigenvalue weighted by Gasteiger charge is 2.10. The van der Waals surface area contributed by atoms with Crippen LogP contribution in [0.2, 0.25) is 0 Å². The zero-order valence-corrected chi connectivity index (χ0v) is 20.8. The maximum atomic E-state index is 13.8. The summed E-state index contributed by atoms with van der Waals surface area (Å²) in [5, 5.41) is 4.91. The molecule has 162 valence electrons. The molecule has 0 spiro atoms. The van der Waals surface area contributed by atoms with E-state index < -0.39 is 0 Å². The van der Waals surface area contributed by atoms with Crippen molar-refractivity contribution in [3.05, 3.63) is 102 Å². The highest BCUT2D eigenvalue weighted by Crippen LogP contribution is 2.23. The van der Waals surface area contributed by atoms with Crippen molar-refractivity contribution >= 4 is 55.6 Å². The standard InChI is InChI=1S/C24H18BrFIN3O2/c1-2-23-29-21-9-8-17(25)12-18(21)24(31)30(23)28-13-15-7-10-22(20(27)11-15)32-14-16-5-3-4-6-19(16)26/h3-13H,2,14H2,1H3. The van der Waals surface area contributed by atoms with E-state index in [4.69, 9.17) is 4.74 Å². The lowest BCUT2D eigenvalue weighted by molar-refractivity contribution is 0.297. The van der Waals surface area contributed by atoms with Gasteiger partial charge < -0.3 is 4.74 Å². The second-order valence-corrected chi connectivity index (χ2v) is 9.05. The van der Waals surface area contributed by atoms with E-state index in [1.807, 2.05) is 37.3 Å². The van der Waals surface area contributed by atoms with E-state index in [0.717, 1.165) is 13.6 Å². The number of fused-ring (bicyclic) bond motifs is 1. The topological polar surface area (TPSA) is 56.5 Å². The lowest BCUT2D eigenvalue weighted by Crippen LogP contribution is -2.22. The fraction of sp³-hybridized carbons (Fsp3) is 0.125. The summed E-state index contributed by atoms with van der Waals surface area (Å²) in [7, 11) is 0. The van der Waals surface area contributed by atoms with Crippen LogP contribution < -0.4 is 10.3 Å². The van der Waals surface area contributed by atoms with Gasteiger partial charge in [-0.2, -0.15) is 9.78 Å². The minimum absolute atomic E-state index is 0.143. The molecule has 1 heterocycles. The monoisotopic (exact) mass is 605 g/mol. The summed E-state index contributed by atoms with van der Waals surface area (Å²) in [6.45, 7) is 2.08. The molecule has 4 aromatic rings. The molecule has 32 heavy (non-hydrogen) atoms. The van der Waals surface area contributed by atoms with Crippen LogP contribution in [0, 0.1) is 9.39 Å². The highest BCUT2D eigenvalue weighted by atomic mass is 127. The van der Waals surface area contributed by atoms with Gasteiger partial charge in [0, 0.05) is 16.5 Å². The van der Waals surface area contributed by atoms with Gasteiger partial charge in [0.25, 0.3) is 5.56 Å². The number of ether oxygens (including phenoxy) is 1. The van der Waals surface area contributed by atoms with E-state index in [2.05, 4.69) is 48.6 Å². The van der Waals surface area contributed by atoms with E-state index >= 15 is 0 Å². The summed E-state index contributed by atoms with van der Waals surface area (Å²) >= 11 is 5.56. The van der Waals surface area contributed by atoms with E-state index in [9.17, 15) is 9.18 Å². The van der Waals surface area contributed by atoms with Crippen LogP contribution in [0.25, 0.3) is 10.9 Å². The maximum absolute atomic E-state index is 13.8. The minimum atomic E-state index is -0.292. The normalized spacial score (nSPS) is 11.4. The molecule has 0 atom stereocenters.